The van der Waals surface area contributed by atoms with Crippen molar-refractivity contribution in [3.05, 3.63) is 89.0 Å². The van der Waals surface area contributed by atoms with E-state index in [9.17, 15) is 4.79 Å². The number of ether oxygens (including phenoxy) is 1. The maximum absolute atomic E-state index is 11.9. The molecular formula is C32H38N2O2. The Kier molecular flexibility index (Phi) is 7.04. The lowest BCUT2D eigenvalue weighted by molar-refractivity contribution is 0.111. The van der Waals surface area contributed by atoms with Crippen LogP contribution in [0.1, 0.15) is 73.0 Å². The average molecular weight is 483 g/mol. The van der Waals surface area contributed by atoms with Gasteiger partial charge in [0, 0.05) is 37.6 Å². The largest absolute Gasteiger partial charge is 0.488 e. The summed E-state index contributed by atoms with van der Waals surface area (Å²) in [6, 6.07) is 23.7. The van der Waals surface area contributed by atoms with Crippen molar-refractivity contribution < 1.29 is 9.53 Å². The fraction of sp³-hybridized carbons (Fsp3) is 0.406. The van der Waals surface area contributed by atoms with Gasteiger partial charge in [-0.3, -0.25) is 4.79 Å². The number of rotatable bonds is 7. The molecule has 1 saturated carbocycles. The van der Waals surface area contributed by atoms with Gasteiger partial charge in [0.2, 0.25) is 0 Å². The molecule has 4 nitrogen and oxygen atoms in total. The minimum absolute atomic E-state index is 0.130. The second kappa shape index (κ2) is 10.4. The molecule has 2 fully saturated rings. The summed E-state index contributed by atoms with van der Waals surface area (Å²) in [5.74, 6) is 1.42. The lowest BCUT2D eigenvalue weighted by atomic mass is 9.80. The van der Waals surface area contributed by atoms with E-state index in [0.717, 1.165) is 49.6 Å². The highest BCUT2D eigenvalue weighted by molar-refractivity contribution is 5.81. The monoisotopic (exact) mass is 482 g/mol. The molecule has 3 aromatic rings. The molecule has 4 heteroatoms. The Balaban J connectivity index is 1.18. The molecule has 0 amide bonds. The van der Waals surface area contributed by atoms with E-state index in [0.29, 0.717) is 17.9 Å². The van der Waals surface area contributed by atoms with Gasteiger partial charge in [-0.15, -0.1) is 0 Å². The van der Waals surface area contributed by atoms with Crippen LogP contribution in [0.5, 0.6) is 5.75 Å². The number of nitrogens with zero attached hydrogens (tertiary/aromatic N) is 2. The van der Waals surface area contributed by atoms with Crippen molar-refractivity contribution in [3.63, 3.8) is 0 Å². The molecule has 5 rings (SSSR count). The summed E-state index contributed by atoms with van der Waals surface area (Å²) in [6.45, 7) is 10.9. The van der Waals surface area contributed by atoms with Crippen molar-refractivity contribution in [2.75, 3.05) is 36.0 Å². The molecule has 36 heavy (non-hydrogen) atoms. The Morgan fingerprint density at radius 1 is 0.833 bits per heavy atom. The zero-order valence-electron chi connectivity index (χ0n) is 21.9. The molecule has 0 atom stereocenters. The molecule has 1 heterocycles. The number of aldehydes is 1. The highest BCUT2D eigenvalue weighted by Crippen LogP contribution is 2.37. The van der Waals surface area contributed by atoms with Crippen LogP contribution in [0.15, 0.2) is 66.7 Å². The second-order valence-corrected chi connectivity index (χ2v) is 11.3. The van der Waals surface area contributed by atoms with E-state index in [2.05, 4.69) is 85.2 Å². The highest BCUT2D eigenvalue weighted by Gasteiger charge is 2.21. The minimum atomic E-state index is 0.130. The summed E-state index contributed by atoms with van der Waals surface area (Å²) in [5, 5.41) is 0. The van der Waals surface area contributed by atoms with E-state index in [4.69, 9.17) is 4.74 Å². The quantitative estimate of drug-likeness (QED) is 0.341. The van der Waals surface area contributed by atoms with E-state index < -0.39 is 0 Å². The zero-order chi connectivity index (χ0) is 25.1. The second-order valence-electron chi connectivity index (χ2n) is 11.3. The molecule has 0 radical (unpaired) electrons. The van der Waals surface area contributed by atoms with E-state index in [1.54, 1.807) is 0 Å². The molecule has 1 saturated heterocycles. The third kappa shape index (κ3) is 5.43. The molecular weight excluding hydrogens is 444 g/mol. The van der Waals surface area contributed by atoms with Crippen LogP contribution in [0.2, 0.25) is 0 Å². The molecule has 0 unspecified atom stereocenters. The van der Waals surface area contributed by atoms with E-state index in [1.165, 1.54) is 36.1 Å². The maximum Gasteiger partial charge on any atom is 0.153 e. The van der Waals surface area contributed by atoms with Gasteiger partial charge in [-0.2, -0.15) is 0 Å². The van der Waals surface area contributed by atoms with Gasteiger partial charge in [0.25, 0.3) is 0 Å². The van der Waals surface area contributed by atoms with E-state index in [1.807, 2.05) is 12.1 Å². The van der Waals surface area contributed by atoms with Crippen LogP contribution >= 0.6 is 0 Å². The number of hydrogen-bond acceptors (Lipinski definition) is 4. The molecule has 2 aliphatic rings. The average Bonchev–Trinajstić information content (AvgIpc) is 2.87. The first-order valence-electron chi connectivity index (χ1n) is 13.3. The first-order chi connectivity index (χ1) is 17.4. The fourth-order valence-electron chi connectivity index (χ4n) is 5.14. The Hall–Kier alpha value is -3.27. The number of carbonyl (C=O) groups excluding carboxylic acids is 1. The van der Waals surface area contributed by atoms with Crippen molar-refractivity contribution >= 4 is 17.7 Å². The van der Waals surface area contributed by atoms with Crippen LogP contribution in [0.3, 0.4) is 0 Å². The predicted molar refractivity (Wildman–Crippen MR) is 149 cm³/mol. The van der Waals surface area contributed by atoms with Crippen LogP contribution in [-0.4, -0.2) is 32.5 Å². The third-order valence-corrected chi connectivity index (χ3v) is 7.81. The van der Waals surface area contributed by atoms with Crippen molar-refractivity contribution in [1.82, 2.24) is 0 Å². The van der Waals surface area contributed by atoms with Crippen LogP contribution in [0, 0.1) is 0 Å². The van der Waals surface area contributed by atoms with Crippen LogP contribution in [0.4, 0.5) is 11.4 Å². The predicted octanol–water partition coefficient (Wildman–Crippen LogP) is 6.97. The number of carbonyl (C=O) groups is 1. The van der Waals surface area contributed by atoms with Crippen LogP contribution < -0.4 is 14.5 Å². The van der Waals surface area contributed by atoms with Gasteiger partial charge in [-0.25, -0.2) is 0 Å². The van der Waals surface area contributed by atoms with Crippen molar-refractivity contribution in [2.45, 2.75) is 58.0 Å². The van der Waals surface area contributed by atoms with Crippen LogP contribution in [0.25, 0.3) is 0 Å². The molecule has 0 spiro atoms. The van der Waals surface area contributed by atoms with E-state index >= 15 is 0 Å². The number of benzene rings is 3. The van der Waals surface area contributed by atoms with Crippen LogP contribution in [-0.2, 0) is 12.0 Å². The smallest absolute Gasteiger partial charge is 0.153 e. The molecule has 1 aliphatic heterocycles. The molecule has 0 aromatic heterocycles. The Morgan fingerprint density at radius 3 is 2.00 bits per heavy atom. The Labute approximate surface area is 215 Å². The lowest BCUT2D eigenvalue weighted by Crippen LogP contribution is -2.46. The van der Waals surface area contributed by atoms with Gasteiger partial charge < -0.3 is 14.5 Å². The fourth-order valence-corrected chi connectivity index (χ4v) is 5.14. The maximum atomic E-state index is 11.9. The summed E-state index contributed by atoms with van der Waals surface area (Å²) in [4.78, 5) is 16.7. The lowest BCUT2D eigenvalue weighted by Gasteiger charge is -2.37. The van der Waals surface area contributed by atoms with Gasteiger partial charge in [-0.1, -0.05) is 63.6 Å². The van der Waals surface area contributed by atoms with Gasteiger partial charge in [0.15, 0.2) is 6.29 Å². The van der Waals surface area contributed by atoms with Crippen molar-refractivity contribution in [1.29, 1.82) is 0 Å². The van der Waals surface area contributed by atoms with Gasteiger partial charge >= 0.3 is 0 Å². The third-order valence-electron chi connectivity index (χ3n) is 7.81. The van der Waals surface area contributed by atoms with Gasteiger partial charge in [-0.05, 0) is 71.2 Å². The summed E-state index contributed by atoms with van der Waals surface area (Å²) < 4.78 is 6.04. The number of anilines is 2. The SMILES string of the molecule is CC(C)(C)c1ccc(COc2ccc(N3CCN(c4ccc(C5CCC5)cc4)CC3)cc2C=O)cc1. The normalized spacial score (nSPS) is 16.5. The molecule has 0 N–H and O–H groups in total. The van der Waals surface area contributed by atoms with Crippen molar-refractivity contribution in [2.24, 2.45) is 0 Å². The molecule has 188 valence electrons. The molecule has 0 bridgehead atoms. The molecule has 3 aromatic carbocycles. The standard InChI is InChI=1S/C32H38N2O2/c1-32(2,3)28-11-7-24(8-12-28)23-36-31-16-15-30(21-27(31)22-35)34-19-17-33(18-20-34)29-13-9-26(10-14-29)25-5-4-6-25/h7-16,21-22,25H,4-6,17-20,23H2,1-3H3. The van der Waals surface area contributed by atoms with E-state index in [-0.39, 0.29) is 5.41 Å². The van der Waals surface area contributed by atoms with Crippen molar-refractivity contribution in [3.8, 4) is 5.75 Å². The first-order valence-corrected chi connectivity index (χ1v) is 13.3. The first kappa shape index (κ1) is 24.4. The number of piperazine rings is 1. The Bertz CT molecular complexity index is 1170. The van der Waals surface area contributed by atoms with Gasteiger partial charge in [0.1, 0.15) is 12.4 Å². The Morgan fingerprint density at radius 2 is 1.44 bits per heavy atom. The summed E-state index contributed by atoms with van der Waals surface area (Å²) in [5.41, 5.74) is 7.02. The summed E-state index contributed by atoms with van der Waals surface area (Å²) >= 11 is 0. The minimum Gasteiger partial charge on any atom is -0.488 e. The summed E-state index contributed by atoms with van der Waals surface area (Å²) in [7, 11) is 0. The topological polar surface area (TPSA) is 32.8 Å². The summed E-state index contributed by atoms with van der Waals surface area (Å²) in [6.07, 6.45) is 4.96. The number of hydrogen-bond donors (Lipinski definition) is 0. The zero-order valence-corrected chi connectivity index (χ0v) is 21.9. The molecule has 1 aliphatic carbocycles. The highest BCUT2D eigenvalue weighted by atomic mass is 16.5. The van der Waals surface area contributed by atoms with Gasteiger partial charge in [0.05, 0.1) is 5.56 Å².